The Morgan fingerprint density at radius 2 is 2.27 bits per heavy atom. The lowest BCUT2D eigenvalue weighted by Crippen LogP contribution is -2.15. The van der Waals surface area contributed by atoms with Crippen molar-refractivity contribution in [3.05, 3.63) is 0 Å². The summed E-state index contributed by atoms with van der Waals surface area (Å²) in [6.45, 7) is 0.462. The summed E-state index contributed by atoms with van der Waals surface area (Å²) in [4.78, 5) is 10.0. The molecule has 0 bridgehead atoms. The highest BCUT2D eigenvalue weighted by molar-refractivity contribution is 5.67. The number of aliphatic carboxylic acids is 1. The van der Waals surface area contributed by atoms with Gasteiger partial charge in [-0.05, 0) is 12.3 Å². The molecule has 0 aromatic rings. The predicted octanol–water partition coefficient (Wildman–Crippen LogP) is 1.28. The summed E-state index contributed by atoms with van der Waals surface area (Å²) >= 11 is 0. The fourth-order valence-electron chi connectivity index (χ4n) is 1.19. The third kappa shape index (κ3) is 3.37. The molecule has 3 nitrogen and oxygen atoms in total. The van der Waals surface area contributed by atoms with Gasteiger partial charge in [-0.25, -0.2) is 4.79 Å². The fourth-order valence-corrected chi connectivity index (χ4v) is 1.19. The Morgan fingerprint density at radius 3 is 2.73 bits per heavy atom. The van der Waals surface area contributed by atoms with Crippen LogP contribution in [0.15, 0.2) is 0 Å². The molecule has 1 fully saturated rings. The van der Waals surface area contributed by atoms with Gasteiger partial charge in [0, 0.05) is 6.61 Å². The van der Waals surface area contributed by atoms with Crippen molar-refractivity contribution in [3.63, 3.8) is 0 Å². The zero-order chi connectivity index (χ0) is 8.10. The highest BCUT2D eigenvalue weighted by atomic mass is 16.5. The van der Waals surface area contributed by atoms with Crippen LogP contribution >= 0.6 is 0 Å². The van der Waals surface area contributed by atoms with Gasteiger partial charge in [0.05, 0.1) is 0 Å². The molecule has 0 radical (unpaired) electrons. The molecular weight excluding hydrogens is 144 g/mol. The summed E-state index contributed by atoms with van der Waals surface area (Å²) in [6.07, 6.45) is 4.98. The highest BCUT2D eigenvalue weighted by Gasteiger charge is 2.16. The van der Waals surface area contributed by atoms with Crippen LogP contribution in [0.1, 0.15) is 25.7 Å². The maximum atomic E-state index is 10.0. The van der Waals surface area contributed by atoms with Crippen LogP contribution in [0.4, 0.5) is 0 Å². The monoisotopic (exact) mass is 158 g/mol. The second kappa shape index (κ2) is 4.34. The molecule has 0 spiro atoms. The standard InChI is InChI=1S/C8H14O3/c9-8(10)6-11-5-4-7-2-1-3-7/h7H,1-6H2,(H,9,10). The van der Waals surface area contributed by atoms with Crippen molar-refractivity contribution >= 4 is 5.97 Å². The SMILES string of the molecule is O=C(O)COCCC1CCC1. The summed E-state index contributed by atoms with van der Waals surface area (Å²) in [5, 5.41) is 8.22. The topological polar surface area (TPSA) is 46.5 Å². The lowest BCUT2D eigenvalue weighted by molar-refractivity contribution is -0.142. The van der Waals surface area contributed by atoms with Crippen molar-refractivity contribution in [1.29, 1.82) is 0 Å². The summed E-state index contributed by atoms with van der Waals surface area (Å²) in [7, 11) is 0. The minimum atomic E-state index is -0.876. The van der Waals surface area contributed by atoms with Crippen LogP contribution in [-0.4, -0.2) is 24.3 Å². The van der Waals surface area contributed by atoms with Crippen molar-refractivity contribution in [2.45, 2.75) is 25.7 Å². The Bertz CT molecular complexity index is 129. The molecule has 0 atom stereocenters. The number of carboxylic acids is 1. The zero-order valence-electron chi connectivity index (χ0n) is 6.58. The summed E-state index contributed by atoms with van der Waals surface area (Å²) in [5.41, 5.74) is 0. The summed E-state index contributed by atoms with van der Waals surface area (Å²) in [5.74, 6) is -0.0672. The van der Waals surface area contributed by atoms with Crippen LogP contribution in [0.3, 0.4) is 0 Å². The average Bonchev–Trinajstić information content (AvgIpc) is 1.82. The van der Waals surface area contributed by atoms with E-state index in [0.29, 0.717) is 6.61 Å². The van der Waals surface area contributed by atoms with Gasteiger partial charge in [-0.15, -0.1) is 0 Å². The second-order valence-corrected chi connectivity index (χ2v) is 3.03. The van der Waals surface area contributed by atoms with Crippen molar-refractivity contribution in [3.8, 4) is 0 Å². The number of rotatable bonds is 5. The van der Waals surface area contributed by atoms with Gasteiger partial charge in [0.25, 0.3) is 0 Å². The van der Waals surface area contributed by atoms with E-state index in [1.807, 2.05) is 0 Å². The van der Waals surface area contributed by atoms with Gasteiger partial charge in [0.15, 0.2) is 0 Å². The van der Waals surface area contributed by atoms with Crippen molar-refractivity contribution in [1.82, 2.24) is 0 Å². The quantitative estimate of drug-likeness (QED) is 0.613. The first kappa shape index (κ1) is 8.53. The molecule has 1 aliphatic carbocycles. The Labute approximate surface area is 66.4 Å². The van der Waals surface area contributed by atoms with Gasteiger partial charge in [0.2, 0.25) is 0 Å². The lowest BCUT2D eigenvalue weighted by atomic mass is 9.83. The van der Waals surface area contributed by atoms with Crippen molar-refractivity contribution < 1.29 is 14.6 Å². The first-order valence-electron chi connectivity index (χ1n) is 4.08. The minimum absolute atomic E-state index is 0.146. The fraction of sp³-hybridized carbons (Fsp3) is 0.875. The van der Waals surface area contributed by atoms with Gasteiger partial charge in [-0.2, -0.15) is 0 Å². The van der Waals surface area contributed by atoms with Gasteiger partial charge in [-0.1, -0.05) is 19.3 Å². The van der Waals surface area contributed by atoms with E-state index < -0.39 is 5.97 Å². The Kier molecular flexibility index (Phi) is 3.36. The molecule has 3 heteroatoms. The molecule has 0 heterocycles. The maximum Gasteiger partial charge on any atom is 0.329 e. The largest absolute Gasteiger partial charge is 0.480 e. The van der Waals surface area contributed by atoms with Gasteiger partial charge in [-0.3, -0.25) is 0 Å². The van der Waals surface area contributed by atoms with E-state index in [9.17, 15) is 4.79 Å². The number of ether oxygens (including phenoxy) is 1. The van der Waals surface area contributed by atoms with E-state index in [1.165, 1.54) is 19.3 Å². The lowest BCUT2D eigenvalue weighted by Gasteiger charge is -2.24. The van der Waals surface area contributed by atoms with Crippen LogP contribution in [0.5, 0.6) is 0 Å². The smallest absolute Gasteiger partial charge is 0.329 e. The van der Waals surface area contributed by atoms with E-state index >= 15 is 0 Å². The molecular formula is C8H14O3. The molecule has 0 saturated heterocycles. The number of carboxylic acid groups (broad SMARTS) is 1. The van der Waals surface area contributed by atoms with Crippen LogP contribution in [0, 0.1) is 5.92 Å². The highest BCUT2D eigenvalue weighted by Crippen LogP contribution is 2.28. The molecule has 0 aliphatic heterocycles. The van der Waals surface area contributed by atoms with Gasteiger partial charge >= 0.3 is 5.97 Å². The second-order valence-electron chi connectivity index (χ2n) is 3.03. The molecule has 0 aromatic carbocycles. The Morgan fingerprint density at radius 1 is 1.55 bits per heavy atom. The molecule has 1 N–H and O–H groups in total. The zero-order valence-corrected chi connectivity index (χ0v) is 6.58. The van der Waals surface area contributed by atoms with Crippen LogP contribution in [0.25, 0.3) is 0 Å². The normalized spacial score (nSPS) is 17.8. The van der Waals surface area contributed by atoms with Crippen LogP contribution in [-0.2, 0) is 9.53 Å². The van der Waals surface area contributed by atoms with Crippen LogP contribution < -0.4 is 0 Å². The molecule has 0 unspecified atom stereocenters. The Hall–Kier alpha value is -0.570. The van der Waals surface area contributed by atoms with Gasteiger partial charge < -0.3 is 9.84 Å². The predicted molar refractivity (Wildman–Crippen MR) is 40.4 cm³/mol. The van der Waals surface area contributed by atoms with Crippen LogP contribution in [0.2, 0.25) is 0 Å². The molecule has 1 aliphatic rings. The van der Waals surface area contributed by atoms with Crippen molar-refractivity contribution in [2.75, 3.05) is 13.2 Å². The molecule has 0 amide bonds. The average molecular weight is 158 g/mol. The van der Waals surface area contributed by atoms with Crippen molar-refractivity contribution in [2.24, 2.45) is 5.92 Å². The minimum Gasteiger partial charge on any atom is -0.480 e. The number of hydrogen-bond donors (Lipinski definition) is 1. The Balaban J connectivity index is 1.83. The maximum absolute atomic E-state index is 10.0. The van der Waals surface area contributed by atoms with E-state index in [4.69, 9.17) is 9.84 Å². The first-order valence-corrected chi connectivity index (χ1v) is 4.08. The van der Waals surface area contributed by atoms with E-state index in [1.54, 1.807) is 0 Å². The van der Waals surface area contributed by atoms with E-state index in [-0.39, 0.29) is 6.61 Å². The molecule has 1 saturated carbocycles. The summed E-state index contributed by atoms with van der Waals surface area (Å²) in [6, 6.07) is 0. The third-order valence-corrected chi connectivity index (χ3v) is 2.12. The molecule has 11 heavy (non-hydrogen) atoms. The first-order chi connectivity index (χ1) is 5.29. The third-order valence-electron chi connectivity index (χ3n) is 2.12. The number of hydrogen-bond acceptors (Lipinski definition) is 2. The molecule has 64 valence electrons. The number of carbonyl (C=O) groups is 1. The summed E-state index contributed by atoms with van der Waals surface area (Å²) < 4.78 is 4.90. The van der Waals surface area contributed by atoms with E-state index in [0.717, 1.165) is 12.3 Å². The van der Waals surface area contributed by atoms with Gasteiger partial charge in [0.1, 0.15) is 6.61 Å². The molecule has 1 rings (SSSR count). The molecule has 0 aromatic heterocycles. The van der Waals surface area contributed by atoms with E-state index in [2.05, 4.69) is 0 Å².